The van der Waals surface area contributed by atoms with Crippen LogP contribution >= 0.6 is 0 Å². The van der Waals surface area contributed by atoms with Crippen molar-refractivity contribution < 1.29 is 4.79 Å². The standard InChI is InChI=1S/C16H21N5O/c1-12(17)13-3-7-20(8-4-13)16(22)14-2-5-19-15(10-14)21-9-6-18-11-21/h2,5-6,9-13H,3-4,7-8,17H2,1H3. The number of carbonyl (C=O) groups is 1. The summed E-state index contributed by atoms with van der Waals surface area (Å²) in [5.41, 5.74) is 6.62. The highest BCUT2D eigenvalue weighted by molar-refractivity contribution is 5.94. The van der Waals surface area contributed by atoms with Crippen molar-refractivity contribution in [2.45, 2.75) is 25.8 Å². The van der Waals surface area contributed by atoms with E-state index in [1.165, 1.54) is 0 Å². The molecule has 1 aliphatic heterocycles. The maximum atomic E-state index is 12.6. The molecule has 1 amide bonds. The predicted molar refractivity (Wildman–Crippen MR) is 83.6 cm³/mol. The van der Waals surface area contributed by atoms with Gasteiger partial charge in [0, 0.05) is 43.3 Å². The average molecular weight is 299 g/mol. The molecule has 1 saturated heterocycles. The van der Waals surface area contributed by atoms with E-state index in [0.29, 0.717) is 17.3 Å². The first-order chi connectivity index (χ1) is 10.6. The number of hydrogen-bond donors (Lipinski definition) is 1. The molecule has 6 heteroatoms. The Labute approximate surface area is 130 Å². The lowest BCUT2D eigenvalue weighted by molar-refractivity contribution is 0.0681. The van der Waals surface area contributed by atoms with Gasteiger partial charge in [-0.3, -0.25) is 9.36 Å². The van der Waals surface area contributed by atoms with Crippen LogP contribution < -0.4 is 5.73 Å². The first kappa shape index (κ1) is 14.7. The first-order valence-electron chi connectivity index (χ1n) is 7.64. The molecule has 3 rings (SSSR count). The van der Waals surface area contributed by atoms with Crippen LogP contribution in [0.5, 0.6) is 0 Å². The van der Waals surface area contributed by atoms with Crippen LogP contribution in [-0.2, 0) is 0 Å². The largest absolute Gasteiger partial charge is 0.339 e. The van der Waals surface area contributed by atoms with E-state index in [1.54, 1.807) is 29.4 Å². The van der Waals surface area contributed by atoms with Crippen molar-refractivity contribution in [3.05, 3.63) is 42.6 Å². The third-order valence-corrected chi connectivity index (χ3v) is 4.33. The van der Waals surface area contributed by atoms with Crippen molar-refractivity contribution in [3.8, 4) is 5.82 Å². The molecule has 0 spiro atoms. The van der Waals surface area contributed by atoms with Gasteiger partial charge in [0.25, 0.3) is 5.91 Å². The Morgan fingerprint density at radius 1 is 1.36 bits per heavy atom. The molecule has 1 unspecified atom stereocenters. The maximum Gasteiger partial charge on any atom is 0.254 e. The number of likely N-dealkylation sites (tertiary alicyclic amines) is 1. The molecule has 1 atom stereocenters. The summed E-state index contributed by atoms with van der Waals surface area (Å²) < 4.78 is 1.79. The van der Waals surface area contributed by atoms with Gasteiger partial charge in [0.05, 0.1) is 0 Å². The summed E-state index contributed by atoms with van der Waals surface area (Å²) in [6, 6.07) is 3.77. The summed E-state index contributed by atoms with van der Waals surface area (Å²) in [5, 5.41) is 0. The molecule has 116 valence electrons. The topological polar surface area (TPSA) is 77.0 Å². The van der Waals surface area contributed by atoms with E-state index in [0.717, 1.165) is 25.9 Å². The number of nitrogens with zero attached hydrogens (tertiary/aromatic N) is 4. The van der Waals surface area contributed by atoms with Gasteiger partial charge < -0.3 is 10.6 Å². The molecule has 2 aromatic heterocycles. The molecule has 1 fully saturated rings. The zero-order valence-corrected chi connectivity index (χ0v) is 12.7. The first-order valence-corrected chi connectivity index (χ1v) is 7.64. The normalized spacial score (nSPS) is 17.5. The number of pyridine rings is 1. The average Bonchev–Trinajstić information content (AvgIpc) is 3.09. The molecule has 1 aliphatic rings. The fourth-order valence-corrected chi connectivity index (χ4v) is 2.90. The van der Waals surface area contributed by atoms with Crippen molar-refractivity contribution in [3.63, 3.8) is 0 Å². The van der Waals surface area contributed by atoms with Crippen LogP contribution in [0, 0.1) is 5.92 Å². The monoisotopic (exact) mass is 299 g/mol. The van der Waals surface area contributed by atoms with Crippen LogP contribution in [-0.4, -0.2) is 44.5 Å². The van der Waals surface area contributed by atoms with Crippen molar-refractivity contribution in [2.24, 2.45) is 11.7 Å². The van der Waals surface area contributed by atoms with Crippen molar-refractivity contribution in [1.82, 2.24) is 19.4 Å². The van der Waals surface area contributed by atoms with Crippen molar-refractivity contribution in [2.75, 3.05) is 13.1 Å². The highest BCUT2D eigenvalue weighted by Crippen LogP contribution is 2.21. The third kappa shape index (κ3) is 3.01. The fourth-order valence-electron chi connectivity index (χ4n) is 2.90. The number of nitrogens with two attached hydrogens (primary N) is 1. The zero-order chi connectivity index (χ0) is 15.5. The lowest BCUT2D eigenvalue weighted by atomic mass is 9.91. The molecular weight excluding hydrogens is 278 g/mol. The summed E-state index contributed by atoms with van der Waals surface area (Å²) in [5.74, 6) is 1.28. The van der Waals surface area contributed by atoms with Crippen molar-refractivity contribution >= 4 is 5.91 Å². The van der Waals surface area contributed by atoms with Crippen LogP contribution in [0.4, 0.5) is 0 Å². The van der Waals surface area contributed by atoms with Gasteiger partial charge in [-0.25, -0.2) is 9.97 Å². The second-order valence-corrected chi connectivity index (χ2v) is 5.86. The lowest BCUT2D eigenvalue weighted by Crippen LogP contribution is -2.42. The summed E-state index contributed by atoms with van der Waals surface area (Å²) in [7, 11) is 0. The summed E-state index contributed by atoms with van der Waals surface area (Å²) >= 11 is 0. The molecule has 22 heavy (non-hydrogen) atoms. The Morgan fingerprint density at radius 3 is 2.77 bits per heavy atom. The van der Waals surface area contributed by atoms with Gasteiger partial charge in [-0.1, -0.05) is 0 Å². The van der Waals surface area contributed by atoms with Crippen molar-refractivity contribution in [1.29, 1.82) is 0 Å². The molecule has 0 radical (unpaired) electrons. The number of imidazole rings is 1. The fraction of sp³-hybridized carbons (Fsp3) is 0.438. The smallest absolute Gasteiger partial charge is 0.254 e. The van der Waals surface area contributed by atoms with Gasteiger partial charge in [-0.2, -0.15) is 0 Å². The summed E-state index contributed by atoms with van der Waals surface area (Å²) in [4.78, 5) is 22.8. The Kier molecular flexibility index (Phi) is 4.20. The number of carbonyl (C=O) groups excluding carboxylic acids is 1. The van der Waals surface area contributed by atoms with E-state index in [-0.39, 0.29) is 11.9 Å². The molecular formula is C16H21N5O. The Bertz CT molecular complexity index is 630. The van der Waals surface area contributed by atoms with Gasteiger partial charge in [-0.15, -0.1) is 0 Å². The molecule has 0 aromatic carbocycles. The number of aromatic nitrogens is 3. The molecule has 0 saturated carbocycles. The maximum absolute atomic E-state index is 12.6. The minimum Gasteiger partial charge on any atom is -0.339 e. The Hall–Kier alpha value is -2.21. The van der Waals surface area contributed by atoms with Crippen LogP contribution in [0.25, 0.3) is 5.82 Å². The lowest BCUT2D eigenvalue weighted by Gasteiger charge is -2.33. The van der Waals surface area contributed by atoms with E-state index in [9.17, 15) is 4.79 Å². The van der Waals surface area contributed by atoms with E-state index in [4.69, 9.17) is 5.73 Å². The summed E-state index contributed by atoms with van der Waals surface area (Å²) in [6.45, 7) is 3.59. The number of hydrogen-bond acceptors (Lipinski definition) is 4. The van der Waals surface area contributed by atoms with Gasteiger partial charge >= 0.3 is 0 Å². The van der Waals surface area contributed by atoms with Gasteiger partial charge in [0.2, 0.25) is 0 Å². The highest BCUT2D eigenvalue weighted by Gasteiger charge is 2.25. The molecule has 2 aromatic rings. The highest BCUT2D eigenvalue weighted by atomic mass is 16.2. The second kappa shape index (κ2) is 6.27. The molecule has 0 bridgehead atoms. The Balaban J connectivity index is 1.72. The Morgan fingerprint density at radius 2 is 2.14 bits per heavy atom. The van der Waals surface area contributed by atoms with E-state index < -0.39 is 0 Å². The van der Waals surface area contributed by atoms with E-state index in [2.05, 4.69) is 9.97 Å². The molecule has 0 aliphatic carbocycles. The van der Waals surface area contributed by atoms with Crippen LogP contribution in [0.1, 0.15) is 30.1 Å². The number of piperidine rings is 1. The van der Waals surface area contributed by atoms with Gasteiger partial charge in [0.1, 0.15) is 12.1 Å². The van der Waals surface area contributed by atoms with E-state index in [1.807, 2.05) is 24.1 Å². The SMILES string of the molecule is CC(N)C1CCN(C(=O)c2ccnc(-n3ccnc3)c2)CC1. The minimum absolute atomic E-state index is 0.0619. The number of amides is 1. The molecule has 2 N–H and O–H groups in total. The quantitative estimate of drug-likeness (QED) is 0.931. The minimum atomic E-state index is 0.0619. The zero-order valence-electron chi connectivity index (χ0n) is 12.7. The van der Waals surface area contributed by atoms with Crippen LogP contribution in [0.3, 0.4) is 0 Å². The molecule has 3 heterocycles. The van der Waals surface area contributed by atoms with Crippen LogP contribution in [0.15, 0.2) is 37.1 Å². The van der Waals surface area contributed by atoms with Crippen LogP contribution in [0.2, 0.25) is 0 Å². The second-order valence-electron chi connectivity index (χ2n) is 5.86. The molecule has 6 nitrogen and oxygen atoms in total. The predicted octanol–water partition coefficient (Wildman–Crippen LogP) is 1.47. The summed E-state index contributed by atoms with van der Waals surface area (Å²) in [6.07, 6.45) is 8.79. The number of rotatable bonds is 3. The van der Waals surface area contributed by atoms with Gasteiger partial charge in [0.15, 0.2) is 0 Å². The third-order valence-electron chi connectivity index (χ3n) is 4.33. The van der Waals surface area contributed by atoms with E-state index >= 15 is 0 Å². The van der Waals surface area contributed by atoms with Gasteiger partial charge in [-0.05, 0) is 37.8 Å².